The summed E-state index contributed by atoms with van der Waals surface area (Å²) >= 11 is 0. The standard InChI is InChI=1S/C20H17N5O/c1-13-20(25-10-4-3-5-19(25)23-13)15-8-9-21-18(11-15)24-17-7-6-16(12-22-17)14(2)26/h3-12H,1-2H3,(H,21,22,24). The number of aromatic nitrogens is 4. The SMILES string of the molecule is CC(=O)c1ccc(Nc2cc(-c3c(C)nc4ccccn34)ccn2)nc1. The molecule has 0 fully saturated rings. The molecule has 0 spiro atoms. The maximum atomic E-state index is 11.3. The zero-order valence-electron chi connectivity index (χ0n) is 14.5. The third-order valence-electron chi connectivity index (χ3n) is 4.16. The Kier molecular flexibility index (Phi) is 3.93. The van der Waals surface area contributed by atoms with E-state index < -0.39 is 0 Å². The molecule has 6 heteroatoms. The van der Waals surface area contributed by atoms with Gasteiger partial charge >= 0.3 is 0 Å². The van der Waals surface area contributed by atoms with Crippen LogP contribution in [0.3, 0.4) is 0 Å². The van der Waals surface area contributed by atoms with Gasteiger partial charge in [-0.25, -0.2) is 15.0 Å². The molecule has 0 radical (unpaired) electrons. The molecule has 0 amide bonds. The van der Waals surface area contributed by atoms with Gasteiger partial charge in [-0.2, -0.15) is 0 Å². The van der Waals surface area contributed by atoms with Crippen LogP contribution < -0.4 is 5.32 Å². The first kappa shape index (κ1) is 16.0. The van der Waals surface area contributed by atoms with Crippen LogP contribution in [0.1, 0.15) is 23.0 Å². The van der Waals surface area contributed by atoms with Crippen molar-refractivity contribution in [2.75, 3.05) is 5.32 Å². The number of nitrogens with zero attached hydrogens (tertiary/aromatic N) is 4. The molecule has 1 N–H and O–H groups in total. The molecule has 0 aromatic carbocycles. The van der Waals surface area contributed by atoms with Gasteiger partial charge in [-0.3, -0.25) is 9.20 Å². The first-order valence-corrected chi connectivity index (χ1v) is 8.26. The number of ketones is 1. The van der Waals surface area contributed by atoms with E-state index in [1.807, 2.05) is 43.5 Å². The number of aryl methyl sites for hydroxylation is 1. The average molecular weight is 343 g/mol. The van der Waals surface area contributed by atoms with E-state index >= 15 is 0 Å². The fraction of sp³-hybridized carbons (Fsp3) is 0.100. The summed E-state index contributed by atoms with van der Waals surface area (Å²) in [6, 6.07) is 13.4. The molecule has 6 nitrogen and oxygen atoms in total. The Balaban J connectivity index is 1.68. The van der Waals surface area contributed by atoms with Crippen LogP contribution >= 0.6 is 0 Å². The lowest BCUT2D eigenvalue weighted by Crippen LogP contribution is -1.99. The van der Waals surface area contributed by atoms with E-state index in [4.69, 9.17) is 0 Å². The number of anilines is 2. The number of hydrogen-bond acceptors (Lipinski definition) is 5. The number of carbonyl (C=O) groups is 1. The number of hydrogen-bond donors (Lipinski definition) is 1. The maximum Gasteiger partial charge on any atom is 0.161 e. The zero-order valence-corrected chi connectivity index (χ0v) is 14.5. The molecule has 4 aromatic heterocycles. The number of fused-ring (bicyclic) bond motifs is 1. The van der Waals surface area contributed by atoms with Crippen molar-refractivity contribution in [1.82, 2.24) is 19.4 Å². The summed E-state index contributed by atoms with van der Waals surface area (Å²) in [4.78, 5) is 24.6. The highest BCUT2D eigenvalue weighted by atomic mass is 16.1. The zero-order chi connectivity index (χ0) is 18.1. The maximum absolute atomic E-state index is 11.3. The van der Waals surface area contributed by atoms with Gasteiger partial charge in [-0.15, -0.1) is 0 Å². The lowest BCUT2D eigenvalue weighted by Gasteiger charge is -2.08. The third kappa shape index (κ3) is 2.93. The molecule has 4 heterocycles. The summed E-state index contributed by atoms with van der Waals surface area (Å²) in [6.07, 6.45) is 5.31. The van der Waals surface area contributed by atoms with Crippen molar-refractivity contribution in [1.29, 1.82) is 0 Å². The second-order valence-corrected chi connectivity index (χ2v) is 6.02. The van der Waals surface area contributed by atoms with Crippen molar-refractivity contribution < 1.29 is 4.79 Å². The van der Waals surface area contributed by atoms with E-state index in [1.54, 1.807) is 24.5 Å². The van der Waals surface area contributed by atoms with Gasteiger partial charge in [-0.05, 0) is 50.2 Å². The molecule has 0 unspecified atom stereocenters. The smallest absolute Gasteiger partial charge is 0.161 e. The molecule has 0 aliphatic rings. The van der Waals surface area contributed by atoms with Crippen LogP contribution in [0.2, 0.25) is 0 Å². The normalized spacial score (nSPS) is 10.8. The van der Waals surface area contributed by atoms with E-state index in [0.717, 1.165) is 22.6 Å². The van der Waals surface area contributed by atoms with Gasteiger partial charge < -0.3 is 5.32 Å². The van der Waals surface area contributed by atoms with Crippen LogP contribution in [0, 0.1) is 6.92 Å². The topological polar surface area (TPSA) is 72.2 Å². The van der Waals surface area contributed by atoms with Crippen molar-refractivity contribution in [2.24, 2.45) is 0 Å². The monoisotopic (exact) mass is 343 g/mol. The molecular weight excluding hydrogens is 326 g/mol. The molecule has 0 aliphatic heterocycles. The molecule has 26 heavy (non-hydrogen) atoms. The summed E-state index contributed by atoms with van der Waals surface area (Å²) < 4.78 is 2.06. The number of pyridine rings is 3. The minimum Gasteiger partial charge on any atom is -0.325 e. The summed E-state index contributed by atoms with van der Waals surface area (Å²) in [6.45, 7) is 3.52. The van der Waals surface area contributed by atoms with Crippen LogP contribution in [0.25, 0.3) is 16.9 Å². The highest BCUT2D eigenvalue weighted by molar-refractivity contribution is 5.93. The Bertz CT molecular complexity index is 1100. The summed E-state index contributed by atoms with van der Waals surface area (Å²) in [5, 5.41) is 3.18. The number of rotatable bonds is 4. The Morgan fingerprint density at radius 2 is 1.96 bits per heavy atom. The van der Waals surface area contributed by atoms with Gasteiger partial charge in [0.05, 0.1) is 11.4 Å². The highest BCUT2D eigenvalue weighted by Crippen LogP contribution is 2.26. The van der Waals surface area contributed by atoms with Crippen molar-refractivity contribution in [3.05, 3.63) is 72.3 Å². The number of nitrogens with one attached hydrogen (secondary N) is 1. The molecule has 128 valence electrons. The summed E-state index contributed by atoms with van der Waals surface area (Å²) in [5.74, 6) is 1.30. The summed E-state index contributed by atoms with van der Waals surface area (Å²) in [7, 11) is 0. The predicted octanol–water partition coefficient (Wildman–Crippen LogP) is 4.05. The van der Waals surface area contributed by atoms with Gasteiger partial charge in [0, 0.05) is 29.7 Å². The first-order valence-electron chi connectivity index (χ1n) is 8.26. The Morgan fingerprint density at radius 1 is 1.08 bits per heavy atom. The van der Waals surface area contributed by atoms with Crippen molar-refractivity contribution in [2.45, 2.75) is 13.8 Å². The quantitative estimate of drug-likeness (QED) is 0.566. The van der Waals surface area contributed by atoms with Gasteiger partial charge in [0.2, 0.25) is 0 Å². The van der Waals surface area contributed by atoms with Crippen LogP contribution in [0.4, 0.5) is 11.6 Å². The molecule has 0 aliphatic carbocycles. The number of carbonyl (C=O) groups excluding carboxylic acids is 1. The van der Waals surface area contributed by atoms with Crippen molar-refractivity contribution in [3.63, 3.8) is 0 Å². The van der Waals surface area contributed by atoms with Crippen LogP contribution in [-0.4, -0.2) is 25.1 Å². The second-order valence-electron chi connectivity index (χ2n) is 6.02. The predicted molar refractivity (Wildman–Crippen MR) is 101 cm³/mol. The van der Waals surface area contributed by atoms with Gasteiger partial charge in [0.1, 0.15) is 17.3 Å². The lowest BCUT2D eigenvalue weighted by molar-refractivity contribution is 0.101. The first-order chi connectivity index (χ1) is 12.6. The average Bonchev–Trinajstić information content (AvgIpc) is 2.98. The van der Waals surface area contributed by atoms with Gasteiger partial charge in [0.25, 0.3) is 0 Å². The molecule has 4 aromatic rings. The van der Waals surface area contributed by atoms with E-state index in [1.165, 1.54) is 6.92 Å². The molecule has 0 saturated carbocycles. The minimum atomic E-state index is -0.00717. The van der Waals surface area contributed by atoms with Crippen LogP contribution in [0.5, 0.6) is 0 Å². The Labute approximate surface area is 150 Å². The fourth-order valence-electron chi connectivity index (χ4n) is 2.91. The van der Waals surface area contributed by atoms with Gasteiger partial charge in [0.15, 0.2) is 5.78 Å². The molecule has 0 atom stereocenters. The van der Waals surface area contributed by atoms with Crippen molar-refractivity contribution in [3.8, 4) is 11.3 Å². The van der Waals surface area contributed by atoms with E-state index in [9.17, 15) is 4.79 Å². The van der Waals surface area contributed by atoms with E-state index in [0.29, 0.717) is 17.2 Å². The number of Topliss-reactive ketones (excluding diaryl/α,β-unsaturated/α-hetero) is 1. The molecule has 4 rings (SSSR count). The van der Waals surface area contributed by atoms with Gasteiger partial charge in [-0.1, -0.05) is 6.07 Å². The third-order valence-corrected chi connectivity index (χ3v) is 4.16. The van der Waals surface area contributed by atoms with Crippen molar-refractivity contribution >= 4 is 23.1 Å². The van der Waals surface area contributed by atoms with E-state index in [-0.39, 0.29) is 5.78 Å². The van der Waals surface area contributed by atoms with E-state index in [2.05, 4.69) is 24.7 Å². The number of imidazole rings is 1. The molecule has 0 bridgehead atoms. The lowest BCUT2D eigenvalue weighted by atomic mass is 10.1. The molecular formula is C20H17N5O. The minimum absolute atomic E-state index is 0.00717. The highest BCUT2D eigenvalue weighted by Gasteiger charge is 2.11. The fourth-order valence-corrected chi connectivity index (χ4v) is 2.91. The summed E-state index contributed by atoms with van der Waals surface area (Å²) in [5.41, 5.74) is 4.49. The molecule has 0 saturated heterocycles. The Morgan fingerprint density at radius 3 is 2.73 bits per heavy atom. The largest absolute Gasteiger partial charge is 0.325 e. The van der Waals surface area contributed by atoms with Crippen LogP contribution in [-0.2, 0) is 0 Å². The Hall–Kier alpha value is -3.54. The second kappa shape index (κ2) is 6.40. The van der Waals surface area contributed by atoms with Crippen LogP contribution in [0.15, 0.2) is 61.1 Å².